The van der Waals surface area contributed by atoms with Crippen LogP contribution in [0.25, 0.3) is 0 Å². The van der Waals surface area contributed by atoms with Gasteiger partial charge in [0.15, 0.2) is 0 Å². The molecule has 16 heavy (non-hydrogen) atoms. The number of nitrogens with zero attached hydrogens (tertiary/aromatic N) is 1. The summed E-state index contributed by atoms with van der Waals surface area (Å²) in [6.45, 7) is 7.73. The van der Waals surface area contributed by atoms with Gasteiger partial charge in [0.25, 0.3) is 0 Å². The van der Waals surface area contributed by atoms with Crippen LogP contribution in [0.4, 0.5) is 0 Å². The van der Waals surface area contributed by atoms with Gasteiger partial charge >= 0.3 is 0 Å². The molecular formula is C12H19ClN2O. The molecular weight excluding hydrogens is 224 g/mol. The molecule has 0 saturated carbocycles. The fourth-order valence-corrected chi connectivity index (χ4v) is 1.44. The predicted octanol–water partition coefficient (Wildman–Crippen LogP) is 2.81. The van der Waals surface area contributed by atoms with E-state index in [9.17, 15) is 0 Å². The number of hydrogen-bond donors (Lipinski definition) is 1. The molecule has 90 valence electrons. The molecule has 1 heterocycles. The molecule has 1 atom stereocenters. The molecule has 1 N–H and O–H groups in total. The van der Waals surface area contributed by atoms with Gasteiger partial charge in [0.2, 0.25) is 0 Å². The van der Waals surface area contributed by atoms with Crippen molar-refractivity contribution >= 4 is 11.6 Å². The molecule has 3 nitrogen and oxygen atoms in total. The Morgan fingerprint density at radius 2 is 2.12 bits per heavy atom. The number of ether oxygens (including phenoxy) is 1. The number of nitrogens with one attached hydrogen (secondary N) is 1. The van der Waals surface area contributed by atoms with Gasteiger partial charge in [-0.05, 0) is 32.4 Å². The summed E-state index contributed by atoms with van der Waals surface area (Å²) >= 11 is 5.73. The first-order valence-corrected chi connectivity index (χ1v) is 5.94. The minimum Gasteiger partial charge on any atom is -0.377 e. The predicted molar refractivity (Wildman–Crippen MR) is 66.8 cm³/mol. The molecule has 1 unspecified atom stereocenters. The fourth-order valence-electron chi connectivity index (χ4n) is 1.33. The molecule has 0 aliphatic carbocycles. The van der Waals surface area contributed by atoms with Crippen molar-refractivity contribution in [3.8, 4) is 0 Å². The van der Waals surface area contributed by atoms with E-state index in [0.29, 0.717) is 5.15 Å². The van der Waals surface area contributed by atoms with Gasteiger partial charge in [-0.3, -0.25) is 0 Å². The van der Waals surface area contributed by atoms with Crippen LogP contribution >= 0.6 is 11.6 Å². The van der Waals surface area contributed by atoms with Crippen molar-refractivity contribution in [2.24, 2.45) is 0 Å². The lowest BCUT2D eigenvalue weighted by molar-refractivity contribution is 0.0796. The van der Waals surface area contributed by atoms with Gasteiger partial charge in [0.05, 0.1) is 12.7 Å². The zero-order valence-corrected chi connectivity index (χ0v) is 10.8. The molecule has 0 aliphatic rings. The number of hydrogen-bond acceptors (Lipinski definition) is 3. The smallest absolute Gasteiger partial charge is 0.129 e. The second kappa shape index (κ2) is 6.84. The first-order valence-electron chi connectivity index (χ1n) is 5.56. The van der Waals surface area contributed by atoms with Crippen LogP contribution < -0.4 is 5.32 Å². The van der Waals surface area contributed by atoms with E-state index in [4.69, 9.17) is 16.3 Å². The Morgan fingerprint density at radius 3 is 2.69 bits per heavy atom. The largest absolute Gasteiger partial charge is 0.377 e. The Bertz CT molecular complexity index is 300. The summed E-state index contributed by atoms with van der Waals surface area (Å²) in [6.07, 6.45) is 2.08. The molecule has 0 aliphatic heterocycles. The topological polar surface area (TPSA) is 34.1 Å². The zero-order valence-electron chi connectivity index (χ0n) is 10.0. The average Bonchev–Trinajstić information content (AvgIpc) is 2.25. The molecule has 0 spiro atoms. The highest BCUT2D eigenvalue weighted by molar-refractivity contribution is 6.29. The fraction of sp³-hybridized carbons (Fsp3) is 0.583. The van der Waals surface area contributed by atoms with E-state index in [1.807, 2.05) is 19.9 Å². The molecule has 1 aromatic rings. The van der Waals surface area contributed by atoms with E-state index in [0.717, 1.165) is 18.7 Å². The molecule has 4 heteroatoms. The molecule has 0 aromatic carbocycles. The summed E-state index contributed by atoms with van der Waals surface area (Å²) in [6, 6.07) is 4.05. The zero-order chi connectivity index (χ0) is 12.0. The quantitative estimate of drug-likeness (QED) is 0.615. The van der Waals surface area contributed by atoms with E-state index >= 15 is 0 Å². The molecule has 0 fully saturated rings. The van der Waals surface area contributed by atoms with Crippen LogP contribution in [-0.2, 0) is 4.74 Å². The van der Waals surface area contributed by atoms with Crippen molar-refractivity contribution in [3.05, 3.63) is 29.0 Å². The van der Waals surface area contributed by atoms with Crippen molar-refractivity contribution in [1.29, 1.82) is 0 Å². The van der Waals surface area contributed by atoms with E-state index in [-0.39, 0.29) is 12.1 Å². The van der Waals surface area contributed by atoms with Gasteiger partial charge in [0, 0.05) is 18.8 Å². The van der Waals surface area contributed by atoms with Crippen molar-refractivity contribution in [3.63, 3.8) is 0 Å². The van der Waals surface area contributed by atoms with Gasteiger partial charge in [-0.2, -0.15) is 0 Å². The second-order valence-corrected chi connectivity index (χ2v) is 4.40. The van der Waals surface area contributed by atoms with E-state index in [1.165, 1.54) is 0 Å². The molecule has 0 saturated heterocycles. The van der Waals surface area contributed by atoms with Crippen LogP contribution in [0.5, 0.6) is 0 Å². The highest BCUT2D eigenvalue weighted by Gasteiger charge is 2.04. The van der Waals surface area contributed by atoms with Crippen molar-refractivity contribution in [2.75, 3.05) is 13.2 Å². The normalized spacial score (nSPS) is 13.1. The van der Waals surface area contributed by atoms with Crippen LogP contribution in [0, 0.1) is 0 Å². The molecule has 0 bridgehead atoms. The van der Waals surface area contributed by atoms with E-state index < -0.39 is 0 Å². The van der Waals surface area contributed by atoms with Crippen molar-refractivity contribution in [2.45, 2.75) is 32.9 Å². The van der Waals surface area contributed by atoms with Crippen LogP contribution in [0.2, 0.25) is 5.15 Å². The summed E-state index contributed by atoms with van der Waals surface area (Å²) in [5, 5.41) is 3.89. The van der Waals surface area contributed by atoms with Crippen LogP contribution in [0.15, 0.2) is 18.3 Å². The molecule has 1 rings (SSSR count). The second-order valence-electron chi connectivity index (χ2n) is 4.01. The number of aromatic nitrogens is 1. The number of halogens is 1. The van der Waals surface area contributed by atoms with E-state index in [1.54, 1.807) is 12.3 Å². The van der Waals surface area contributed by atoms with Crippen molar-refractivity contribution in [1.82, 2.24) is 10.3 Å². The third-order valence-corrected chi connectivity index (χ3v) is 2.48. The maximum absolute atomic E-state index is 5.73. The van der Waals surface area contributed by atoms with Gasteiger partial charge in [-0.25, -0.2) is 4.98 Å². The SMILES string of the molecule is CC(C)OCCNC(C)c1ccc(Cl)nc1. The Labute approximate surface area is 102 Å². The minimum absolute atomic E-state index is 0.264. The first kappa shape index (κ1) is 13.4. The Kier molecular flexibility index (Phi) is 5.74. The van der Waals surface area contributed by atoms with Crippen LogP contribution in [0.3, 0.4) is 0 Å². The Hall–Kier alpha value is -0.640. The van der Waals surface area contributed by atoms with Gasteiger partial charge in [0.1, 0.15) is 5.15 Å². The third kappa shape index (κ3) is 4.92. The maximum atomic E-state index is 5.73. The van der Waals surface area contributed by atoms with Gasteiger partial charge in [-0.15, -0.1) is 0 Å². The highest BCUT2D eigenvalue weighted by Crippen LogP contribution is 2.12. The van der Waals surface area contributed by atoms with E-state index in [2.05, 4.69) is 17.2 Å². The lowest BCUT2D eigenvalue weighted by atomic mass is 10.1. The Balaban J connectivity index is 2.29. The summed E-state index contributed by atoms with van der Waals surface area (Å²) in [5.74, 6) is 0. The lowest BCUT2D eigenvalue weighted by Gasteiger charge is -2.14. The lowest BCUT2D eigenvalue weighted by Crippen LogP contribution is -2.24. The van der Waals surface area contributed by atoms with Gasteiger partial charge < -0.3 is 10.1 Å². The van der Waals surface area contributed by atoms with Crippen LogP contribution in [-0.4, -0.2) is 24.2 Å². The average molecular weight is 243 g/mol. The summed E-state index contributed by atoms with van der Waals surface area (Å²) in [5.41, 5.74) is 1.13. The standard InChI is InChI=1S/C12H19ClN2O/c1-9(2)16-7-6-14-10(3)11-4-5-12(13)15-8-11/h4-5,8-10,14H,6-7H2,1-3H3. The monoisotopic (exact) mass is 242 g/mol. The van der Waals surface area contributed by atoms with Gasteiger partial charge in [-0.1, -0.05) is 17.7 Å². The highest BCUT2D eigenvalue weighted by atomic mass is 35.5. The Morgan fingerprint density at radius 1 is 1.38 bits per heavy atom. The molecule has 0 radical (unpaired) electrons. The first-order chi connectivity index (χ1) is 7.59. The summed E-state index contributed by atoms with van der Waals surface area (Å²) < 4.78 is 5.45. The maximum Gasteiger partial charge on any atom is 0.129 e. The molecule has 0 amide bonds. The number of pyridine rings is 1. The number of rotatable bonds is 6. The summed E-state index contributed by atoms with van der Waals surface area (Å²) in [4.78, 5) is 4.05. The van der Waals surface area contributed by atoms with Crippen LogP contribution in [0.1, 0.15) is 32.4 Å². The third-order valence-electron chi connectivity index (χ3n) is 2.25. The summed E-state index contributed by atoms with van der Waals surface area (Å²) in [7, 11) is 0. The molecule has 1 aromatic heterocycles. The van der Waals surface area contributed by atoms with Crippen molar-refractivity contribution < 1.29 is 4.74 Å². The minimum atomic E-state index is 0.264.